The average Bonchev–Trinajstić information content (AvgIpc) is 2.45. The molecule has 0 unspecified atom stereocenters. The van der Waals surface area contributed by atoms with Crippen molar-refractivity contribution in [3.05, 3.63) is 29.8 Å². The third kappa shape index (κ3) is 6.06. The van der Waals surface area contributed by atoms with E-state index in [1.165, 1.54) is 44.3 Å². The van der Waals surface area contributed by atoms with Crippen molar-refractivity contribution >= 4 is 0 Å². The molecule has 2 rings (SSSR count). The first-order valence-corrected chi connectivity index (χ1v) is 8.18. The van der Waals surface area contributed by atoms with Gasteiger partial charge in [0.2, 0.25) is 0 Å². The minimum Gasteiger partial charge on any atom is -0.494 e. The van der Waals surface area contributed by atoms with E-state index in [0.717, 1.165) is 24.8 Å². The SMILES string of the molecule is CN(C)Cc1cccc(OCCCC2CCN(C)CC2)c1. The van der Waals surface area contributed by atoms with Gasteiger partial charge < -0.3 is 14.5 Å². The first kappa shape index (κ1) is 16.3. The monoisotopic (exact) mass is 290 g/mol. The van der Waals surface area contributed by atoms with E-state index in [9.17, 15) is 0 Å². The number of benzene rings is 1. The second kappa shape index (κ2) is 8.40. The fourth-order valence-corrected chi connectivity index (χ4v) is 3.01. The van der Waals surface area contributed by atoms with Crippen molar-refractivity contribution in [2.24, 2.45) is 5.92 Å². The summed E-state index contributed by atoms with van der Waals surface area (Å²) in [5.41, 5.74) is 1.31. The van der Waals surface area contributed by atoms with Crippen molar-refractivity contribution in [3.63, 3.8) is 0 Å². The summed E-state index contributed by atoms with van der Waals surface area (Å²) in [6.45, 7) is 4.33. The lowest BCUT2D eigenvalue weighted by Gasteiger charge is -2.28. The molecule has 0 N–H and O–H groups in total. The van der Waals surface area contributed by atoms with Crippen LogP contribution in [-0.2, 0) is 6.54 Å². The molecule has 3 heteroatoms. The molecule has 118 valence electrons. The van der Waals surface area contributed by atoms with Crippen LogP contribution in [0.2, 0.25) is 0 Å². The first-order chi connectivity index (χ1) is 10.1. The number of piperidine rings is 1. The van der Waals surface area contributed by atoms with Crippen LogP contribution in [0, 0.1) is 5.92 Å². The molecule has 1 heterocycles. The highest BCUT2D eigenvalue weighted by molar-refractivity contribution is 5.28. The summed E-state index contributed by atoms with van der Waals surface area (Å²) in [6, 6.07) is 8.47. The van der Waals surface area contributed by atoms with Crippen LogP contribution in [0.4, 0.5) is 0 Å². The molecule has 1 aromatic carbocycles. The van der Waals surface area contributed by atoms with Crippen molar-refractivity contribution in [3.8, 4) is 5.75 Å². The molecule has 1 fully saturated rings. The Balaban J connectivity index is 1.66. The molecule has 0 aliphatic carbocycles. The summed E-state index contributed by atoms with van der Waals surface area (Å²) in [4.78, 5) is 4.61. The lowest BCUT2D eigenvalue weighted by atomic mass is 9.93. The molecule has 0 spiro atoms. The Kier molecular flexibility index (Phi) is 6.52. The largest absolute Gasteiger partial charge is 0.494 e. The van der Waals surface area contributed by atoms with Gasteiger partial charge in [0.15, 0.2) is 0 Å². The van der Waals surface area contributed by atoms with Gasteiger partial charge in [-0.05, 0) is 83.5 Å². The van der Waals surface area contributed by atoms with E-state index < -0.39 is 0 Å². The predicted octanol–water partition coefficient (Wildman–Crippen LogP) is 3.25. The van der Waals surface area contributed by atoms with Gasteiger partial charge in [-0.2, -0.15) is 0 Å². The lowest BCUT2D eigenvalue weighted by Crippen LogP contribution is -2.30. The number of ether oxygens (including phenoxy) is 1. The van der Waals surface area contributed by atoms with Crippen LogP contribution in [-0.4, -0.2) is 50.6 Å². The Morgan fingerprint density at radius 3 is 2.71 bits per heavy atom. The normalized spacial score (nSPS) is 17.3. The van der Waals surface area contributed by atoms with E-state index in [1.54, 1.807) is 0 Å². The molecular weight excluding hydrogens is 260 g/mol. The van der Waals surface area contributed by atoms with Gasteiger partial charge in [0.05, 0.1) is 6.61 Å². The van der Waals surface area contributed by atoms with Crippen molar-refractivity contribution < 1.29 is 4.74 Å². The third-order valence-electron chi connectivity index (χ3n) is 4.26. The molecule has 0 bridgehead atoms. The summed E-state index contributed by atoms with van der Waals surface area (Å²) < 4.78 is 5.91. The predicted molar refractivity (Wildman–Crippen MR) is 88.8 cm³/mol. The Labute approximate surface area is 129 Å². The quantitative estimate of drug-likeness (QED) is 0.717. The summed E-state index contributed by atoms with van der Waals surface area (Å²) >= 11 is 0. The van der Waals surface area contributed by atoms with Gasteiger partial charge in [-0.15, -0.1) is 0 Å². The fourth-order valence-electron chi connectivity index (χ4n) is 3.01. The highest BCUT2D eigenvalue weighted by Crippen LogP contribution is 2.21. The molecule has 0 aromatic heterocycles. The topological polar surface area (TPSA) is 15.7 Å². The zero-order chi connectivity index (χ0) is 15.1. The average molecular weight is 290 g/mol. The molecule has 0 amide bonds. The van der Waals surface area contributed by atoms with Crippen LogP contribution in [0.3, 0.4) is 0 Å². The molecular formula is C18H30N2O. The third-order valence-corrected chi connectivity index (χ3v) is 4.26. The van der Waals surface area contributed by atoms with Crippen molar-refractivity contribution in [2.75, 3.05) is 40.8 Å². The van der Waals surface area contributed by atoms with Gasteiger partial charge in [0, 0.05) is 6.54 Å². The maximum Gasteiger partial charge on any atom is 0.119 e. The Morgan fingerprint density at radius 2 is 2.00 bits per heavy atom. The van der Waals surface area contributed by atoms with Crippen LogP contribution in [0.5, 0.6) is 5.75 Å². The zero-order valence-corrected chi connectivity index (χ0v) is 13.8. The summed E-state index contributed by atoms with van der Waals surface area (Å²) in [7, 11) is 6.41. The van der Waals surface area contributed by atoms with Gasteiger partial charge in [-0.1, -0.05) is 12.1 Å². The Bertz CT molecular complexity index is 411. The molecule has 1 aliphatic heterocycles. The molecule has 1 saturated heterocycles. The van der Waals surface area contributed by atoms with Gasteiger partial charge in [-0.25, -0.2) is 0 Å². The molecule has 0 atom stereocenters. The number of hydrogen-bond acceptors (Lipinski definition) is 3. The molecule has 3 nitrogen and oxygen atoms in total. The summed E-state index contributed by atoms with van der Waals surface area (Å²) in [6.07, 6.45) is 5.20. The van der Waals surface area contributed by atoms with Crippen LogP contribution in [0.25, 0.3) is 0 Å². The van der Waals surface area contributed by atoms with E-state index in [0.29, 0.717) is 0 Å². The zero-order valence-electron chi connectivity index (χ0n) is 13.8. The number of hydrogen-bond donors (Lipinski definition) is 0. The van der Waals surface area contributed by atoms with Gasteiger partial charge in [-0.3, -0.25) is 0 Å². The van der Waals surface area contributed by atoms with Crippen molar-refractivity contribution in [1.82, 2.24) is 9.80 Å². The van der Waals surface area contributed by atoms with Crippen LogP contribution >= 0.6 is 0 Å². The minimum atomic E-state index is 0.845. The van der Waals surface area contributed by atoms with Gasteiger partial charge >= 0.3 is 0 Å². The molecule has 1 aromatic rings. The van der Waals surface area contributed by atoms with Gasteiger partial charge in [0.1, 0.15) is 5.75 Å². The number of nitrogens with zero attached hydrogens (tertiary/aromatic N) is 2. The molecule has 0 saturated carbocycles. The van der Waals surface area contributed by atoms with E-state index in [-0.39, 0.29) is 0 Å². The van der Waals surface area contributed by atoms with Crippen molar-refractivity contribution in [1.29, 1.82) is 0 Å². The van der Waals surface area contributed by atoms with Gasteiger partial charge in [0.25, 0.3) is 0 Å². The maximum atomic E-state index is 5.91. The Morgan fingerprint density at radius 1 is 1.24 bits per heavy atom. The van der Waals surface area contributed by atoms with Crippen LogP contribution < -0.4 is 4.74 Å². The maximum absolute atomic E-state index is 5.91. The van der Waals surface area contributed by atoms with E-state index in [1.807, 2.05) is 0 Å². The van der Waals surface area contributed by atoms with Crippen LogP contribution in [0.15, 0.2) is 24.3 Å². The molecule has 21 heavy (non-hydrogen) atoms. The fraction of sp³-hybridized carbons (Fsp3) is 0.667. The van der Waals surface area contributed by atoms with E-state index in [2.05, 4.69) is 55.2 Å². The van der Waals surface area contributed by atoms with Crippen molar-refractivity contribution in [2.45, 2.75) is 32.2 Å². The van der Waals surface area contributed by atoms with E-state index >= 15 is 0 Å². The second-order valence-corrected chi connectivity index (χ2v) is 6.62. The molecule has 1 aliphatic rings. The summed E-state index contributed by atoms with van der Waals surface area (Å²) in [5, 5.41) is 0. The number of rotatable bonds is 7. The smallest absolute Gasteiger partial charge is 0.119 e. The lowest BCUT2D eigenvalue weighted by molar-refractivity contribution is 0.200. The summed E-state index contributed by atoms with van der Waals surface area (Å²) in [5.74, 6) is 1.92. The second-order valence-electron chi connectivity index (χ2n) is 6.62. The van der Waals surface area contributed by atoms with Crippen LogP contribution in [0.1, 0.15) is 31.2 Å². The Hall–Kier alpha value is -1.06. The minimum absolute atomic E-state index is 0.845. The van der Waals surface area contributed by atoms with E-state index in [4.69, 9.17) is 4.74 Å². The standard InChI is InChI=1S/C18H30N2O/c1-19(2)15-17-6-4-8-18(14-17)21-13-5-7-16-9-11-20(3)12-10-16/h4,6,8,14,16H,5,7,9-13,15H2,1-3H3. The highest BCUT2D eigenvalue weighted by Gasteiger charge is 2.15. The molecule has 0 radical (unpaired) electrons. The highest BCUT2D eigenvalue weighted by atomic mass is 16.5. The first-order valence-electron chi connectivity index (χ1n) is 8.18. The number of likely N-dealkylation sites (tertiary alicyclic amines) is 1.